The van der Waals surface area contributed by atoms with Crippen LogP contribution in [-0.4, -0.2) is 11.1 Å². The minimum Gasteiger partial charge on any atom is -0.349 e. The standard InChI is InChI=1S/C12H15BrN2/c1-3-14-7-9-8-15(2)12-10(9)5-4-6-11(12)13/h4-6,8,14H,3,7H2,1-2H3. The van der Waals surface area contributed by atoms with Crippen molar-refractivity contribution in [3.8, 4) is 0 Å². The predicted octanol–water partition coefficient (Wildman–Crippen LogP) is 3.05. The monoisotopic (exact) mass is 266 g/mol. The highest BCUT2D eigenvalue weighted by Crippen LogP contribution is 2.27. The van der Waals surface area contributed by atoms with Gasteiger partial charge in [0.15, 0.2) is 0 Å². The maximum Gasteiger partial charge on any atom is 0.0625 e. The van der Waals surface area contributed by atoms with Crippen LogP contribution in [0.2, 0.25) is 0 Å². The van der Waals surface area contributed by atoms with Gasteiger partial charge < -0.3 is 9.88 Å². The van der Waals surface area contributed by atoms with E-state index >= 15 is 0 Å². The average Bonchev–Trinajstić information content (AvgIpc) is 2.54. The van der Waals surface area contributed by atoms with Gasteiger partial charge in [-0.2, -0.15) is 0 Å². The van der Waals surface area contributed by atoms with E-state index in [-0.39, 0.29) is 0 Å². The Morgan fingerprint density at radius 1 is 1.40 bits per heavy atom. The minimum absolute atomic E-state index is 0.935. The maximum atomic E-state index is 3.59. The van der Waals surface area contributed by atoms with Gasteiger partial charge >= 0.3 is 0 Å². The lowest BCUT2D eigenvalue weighted by Crippen LogP contribution is -2.11. The molecule has 0 saturated carbocycles. The molecule has 2 aromatic rings. The van der Waals surface area contributed by atoms with Crippen LogP contribution in [0.5, 0.6) is 0 Å². The molecule has 1 N–H and O–H groups in total. The Labute approximate surface area is 98.4 Å². The number of nitrogens with zero attached hydrogens (tertiary/aromatic N) is 1. The lowest BCUT2D eigenvalue weighted by atomic mass is 10.2. The van der Waals surface area contributed by atoms with Crippen LogP contribution in [0.4, 0.5) is 0 Å². The molecule has 0 radical (unpaired) electrons. The van der Waals surface area contributed by atoms with Gasteiger partial charge in [-0.25, -0.2) is 0 Å². The number of aryl methyl sites for hydroxylation is 1. The van der Waals surface area contributed by atoms with Crippen molar-refractivity contribution < 1.29 is 0 Å². The summed E-state index contributed by atoms with van der Waals surface area (Å²) < 4.78 is 3.33. The fourth-order valence-electron chi connectivity index (χ4n) is 1.90. The molecule has 2 rings (SSSR count). The molecule has 0 aliphatic heterocycles. The third-order valence-electron chi connectivity index (χ3n) is 2.60. The molecular formula is C12H15BrN2. The third kappa shape index (κ3) is 1.94. The van der Waals surface area contributed by atoms with Gasteiger partial charge in [-0.05, 0) is 34.1 Å². The van der Waals surface area contributed by atoms with Crippen LogP contribution in [0.15, 0.2) is 28.9 Å². The molecular weight excluding hydrogens is 252 g/mol. The van der Waals surface area contributed by atoms with E-state index in [9.17, 15) is 0 Å². The lowest BCUT2D eigenvalue weighted by Gasteiger charge is -2.00. The fraction of sp³-hybridized carbons (Fsp3) is 0.333. The van der Waals surface area contributed by atoms with Gasteiger partial charge in [0, 0.05) is 29.6 Å². The molecule has 2 nitrogen and oxygen atoms in total. The lowest BCUT2D eigenvalue weighted by molar-refractivity contribution is 0.727. The normalized spacial score (nSPS) is 11.1. The van der Waals surface area contributed by atoms with E-state index < -0.39 is 0 Å². The molecule has 1 aromatic carbocycles. The Kier molecular flexibility index (Phi) is 3.12. The third-order valence-corrected chi connectivity index (χ3v) is 3.24. The Bertz CT molecular complexity index is 474. The molecule has 0 amide bonds. The second-order valence-electron chi connectivity index (χ2n) is 3.68. The fourth-order valence-corrected chi connectivity index (χ4v) is 2.55. The van der Waals surface area contributed by atoms with Crippen molar-refractivity contribution in [1.82, 2.24) is 9.88 Å². The first-order chi connectivity index (χ1) is 7.24. The summed E-state index contributed by atoms with van der Waals surface area (Å²) in [7, 11) is 2.09. The number of para-hydroxylation sites is 1. The highest BCUT2D eigenvalue weighted by atomic mass is 79.9. The molecule has 0 atom stereocenters. The molecule has 0 saturated heterocycles. The minimum atomic E-state index is 0.935. The Hall–Kier alpha value is -0.800. The van der Waals surface area contributed by atoms with Gasteiger partial charge in [-0.15, -0.1) is 0 Å². The van der Waals surface area contributed by atoms with Crippen LogP contribution in [0.25, 0.3) is 10.9 Å². The van der Waals surface area contributed by atoms with Crippen molar-refractivity contribution in [2.45, 2.75) is 13.5 Å². The van der Waals surface area contributed by atoms with E-state index in [2.05, 4.69) is 64.2 Å². The molecule has 0 spiro atoms. The van der Waals surface area contributed by atoms with Crippen molar-refractivity contribution in [3.05, 3.63) is 34.4 Å². The summed E-state index contributed by atoms with van der Waals surface area (Å²) in [5.74, 6) is 0. The zero-order chi connectivity index (χ0) is 10.8. The molecule has 0 bridgehead atoms. The summed E-state index contributed by atoms with van der Waals surface area (Å²) in [5.41, 5.74) is 2.63. The first-order valence-electron chi connectivity index (χ1n) is 5.17. The van der Waals surface area contributed by atoms with E-state index in [1.165, 1.54) is 16.5 Å². The summed E-state index contributed by atoms with van der Waals surface area (Å²) in [6.07, 6.45) is 2.19. The molecule has 0 aliphatic rings. The van der Waals surface area contributed by atoms with Gasteiger partial charge in [0.05, 0.1) is 5.52 Å². The van der Waals surface area contributed by atoms with Gasteiger partial charge in [0.1, 0.15) is 0 Å². The number of aromatic nitrogens is 1. The second kappa shape index (κ2) is 4.37. The zero-order valence-corrected chi connectivity index (χ0v) is 10.6. The van der Waals surface area contributed by atoms with Crippen LogP contribution >= 0.6 is 15.9 Å². The van der Waals surface area contributed by atoms with Gasteiger partial charge in [0.2, 0.25) is 0 Å². The maximum absolute atomic E-state index is 3.59. The number of fused-ring (bicyclic) bond motifs is 1. The van der Waals surface area contributed by atoms with Gasteiger partial charge in [0.25, 0.3) is 0 Å². The van der Waals surface area contributed by atoms with E-state index in [0.717, 1.165) is 17.6 Å². The topological polar surface area (TPSA) is 17.0 Å². The number of nitrogens with one attached hydrogen (secondary N) is 1. The quantitative estimate of drug-likeness (QED) is 0.904. The average molecular weight is 267 g/mol. The van der Waals surface area contributed by atoms with Gasteiger partial charge in [-0.3, -0.25) is 0 Å². The van der Waals surface area contributed by atoms with Crippen LogP contribution in [-0.2, 0) is 13.6 Å². The number of hydrogen-bond acceptors (Lipinski definition) is 1. The SMILES string of the molecule is CCNCc1cn(C)c2c(Br)cccc12. The molecule has 1 aromatic heterocycles. The van der Waals surface area contributed by atoms with E-state index in [1.54, 1.807) is 0 Å². The number of rotatable bonds is 3. The Morgan fingerprint density at radius 3 is 2.93 bits per heavy atom. The molecule has 3 heteroatoms. The van der Waals surface area contributed by atoms with Crippen molar-refractivity contribution >= 4 is 26.8 Å². The summed E-state index contributed by atoms with van der Waals surface area (Å²) in [6, 6.07) is 6.34. The van der Waals surface area contributed by atoms with Crippen LogP contribution in [0.1, 0.15) is 12.5 Å². The molecule has 0 aliphatic carbocycles. The second-order valence-corrected chi connectivity index (χ2v) is 4.54. The predicted molar refractivity (Wildman–Crippen MR) is 68.0 cm³/mol. The highest BCUT2D eigenvalue weighted by molar-refractivity contribution is 9.10. The summed E-state index contributed by atoms with van der Waals surface area (Å²) in [5, 5.41) is 4.69. The summed E-state index contributed by atoms with van der Waals surface area (Å²) >= 11 is 3.59. The van der Waals surface area contributed by atoms with Crippen LogP contribution in [0, 0.1) is 0 Å². The van der Waals surface area contributed by atoms with Crippen LogP contribution < -0.4 is 5.32 Å². The first-order valence-corrected chi connectivity index (χ1v) is 5.96. The molecule has 80 valence electrons. The van der Waals surface area contributed by atoms with Crippen molar-refractivity contribution in [3.63, 3.8) is 0 Å². The van der Waals surface area contributed by atoms with Crippen molar-refractivity contribution in [1.29, 1.82) is 0 Å². The summed E-state index contributed by atoms with van der Waals surface area (Å²) in [4.78, 5) is 0. The van der Waals surface area contributed by atoms with Crippen molar-refractivity contribution in [2.24, 2.45) is 7.05 Å². The summed E-state index contributed by atoms with van der Waals surface area (Å²) in [6.45, 7) is 4.07. The molecule has 1 heterocycles. The zero-order valence-electron chi connectivity index (χ0n) is 9.05. The van der Waals surface area contributed by atoms with Crippen LogP contribution in [0.3, 0.4) is 0 Å². The highest BCUT2D eigenvalue weighted by Gasteiger charge is 2.07. The van der Waals surface area contributed by atoms with E-state index in [4.69, 9.17) is 0 Å². The van der Waals surface area contributed by atoms with E-state index in [0.29, 0.717) is 0 Å². The number of benzene rings is 1. The molecule has 15 heavy (non-hydrogen) atoms. The Balaban J connectivity index is 2.53. The number of halogens is 1. The first kappa shape index (κ1) is 10.7. The largest absolute Gasteiger partial charge is 0.349 e. The number of hydrogen-bond donors (Lipinski definition) is 1. The smallest absolute Gasteiger partial charge is 0.0625 e. The molecule has 0 unspecified atom stereocenters. The van der Waals surface area contributed by atoms with E-state index in [1.807, 2.05) is 0 Å². The Morgan fingerprint density at radius 2 is 2.20 bits per heavy atom. The van der Waals surface area contributed by atoms with Gasteiger partial charge in [-0.1, -0.05) is 19.1 Å². The molecule has 0 fully saturated rings. The van der Waals surface area contributed by atoms with Crippen molar-refractivity contribution in [2.75, 3.05) is 6.54 Å².